The first-order valence-corrected chi connectivity index (χ1v) is 14.8. The monoisotopic (exact) mass is 567 g/mol. The van der Waals surface area contributed by atoms with E-state index in [1.54, 1.807) is 13.8 Å². The summed E-state index contributed by atoms with van der Waals surface area (Å²) in [5.41, 5.74) is 5.71. The van der Waals surface area contributed by atoms with Crippen molar-refractivity contribution in [2.45, 2.75) is 70.8 Å². The van der Waals surface area contributed by atoms with Crippen LogP contribution in [0.1, 0.15) is 68.9 Å². The number of hydrogen-bond acceptors (Lipinski definition) is 7. The van der Waals surface area contributed by atoms with Crippen LogP contribution in [-0.4, -0.2) is 49.9 Å². The molecule has 0 bridgehead atoms. The van der Waals surface area contributed by atoms with Gasteiger partial charge >= 0.3 is 5.97 Å². The number of nitrogens with two attached hydrogens (primary N) is 1. The van der Waals surface area contributed by atoms with Gasteiger partial charge in [0.05, 0.1) is 5.75 Å². The summed E-state index contributed by atoms with van der Waals surface area (Å²) in [7, 11) is -4.33. The van der Waals surface area contributed by atoms with Gasteiger partial charge in [-0.25, -0.2) is 22.0 Å². The van der Waals surface area contributed by atoms with Gasteiger partial charge in [-0.15, -0.1) is 0 Å². The molecule has 11 heteroatoms. The summed E-state index contributed by atoms with van der Waals surface area (Å²) in [6.45, 7) is 6.58. The van der Waals surface area contributed by atoms with Gasteiger partial charge in [-0.2, -0.15) is 0 Å². The largest absolute Gasteiger partial charge is 0.447 e. The zero-order chi connectivity index (χ0) is 29.2. The minimum atomic E-state index is -4.33. The predicted octanol–water partition coefficient (Wildman–Crippen LogP) is 3.99. The Kier molecular flexibility index (Phi) is 12.0. The van der Waals surface area contributed by atoms with E-state index in [2.05, 4.69) is 5.32 Å². The molecule has 0 aliphatic rings. The smallest absolute Gasteiger partial charge is 0.350 e. The van der Waals surface area contributed by atoms with E-state index in [1.165, 1.54) is 0 Å². The minimum absolute atomic E-state index is 0.0875. The van der Waals surface area contributed by atoms with Crippen LogP contribution in [0, 0.1) is 11.6 Å². The quantitative estimate of drug-likeness (QED) is 0.190. The number of sulfone groups is 1. The molecule has 0 heterocycles. The van der Waals surface area contributed by atoms with Gasteiger partial charge in [0.1, 0.15) is 23.6 Å². The molecule has 216 valence electrons. The number of carbonyl (C=O) groups excluding carboxylic acids is 2. The lowest BCUT2D eigenvalue weighted by atomic mass is 9.96. The van der Waals surface area contributed by atoms with Gasteiger partial charge in [0.25, 0.3) is 0 Å². The number of halogens is 2. The Morgan fingerprint density at radius 2 is 1.69 bits per heavy atom. The molecular formula is C28H39F2N3O5S. The van der Waals surface area contributed by atoms with Gasteiger partial charge < -0.3 is 9.64 Å². The van der Waals surface area contributed by atoms with E-state index in [4.69, 9.17) is 10.5 Å². The molecular weight excluding hydrogens is 528 g/mol. The lowest BCUT2D eigenvalue weighted by molar-refractivity contribution is -0.165. The van der Waals surface area contributed by atoms with Gasteiger partial charge in [0.2, 0.25) is 11.6 Å². The highest BCUT2D eigenvalue weighted by atomic mass is 32.2. The summed E-state index contributed by atoms with van der Waals surface area (Å²) < 4.78 is 61.4. The summed E-state index contributed by atoms with van der Waals surface area (Å²) in [5.74, 6) is -4.40. The van der Waals surface area contributed by atoms with Crippen molar-refractivity contribution in [2.75, 3.05) is 19.0 Å². The first-order chi connectivity index (χ1) is 18.4. The average Bonchev–Trinajstić information content (AvgIpc) is 2.87. The van der Waals surface area contributed by atoms with Crippen molar-refractivity contribution >= 4 is 21.7 Å². The van der Waals surface area contributed by atoms with Crippen LogP contribution in [0.15, 0.2) is 42.5 Å². The highest BCUT2D eigenvalue weighted by Crippen LogP contribution is 2.38. The van der Waals surface area contributed by atoms with E-state index in [0.29, 0.717) is 25.5 Å². The van der Waals surface area contributed by atoms with Crippen LogP contribution in [0.4, 0.5) is 8.78 Å². The lowest BCUT2D eigenvalue weighted by Crippen LogP contribution is -2.68. The Morgan fingerprint density at radius 3 is 2.26 bits per heavy atom. The fourth-order valence-electron chi connectivity index (χ4n) is 4.50. The lowest BCUT2D eigenvalue weighted by Gasteiger charge is -2.43. The molecule has 0 aliphatic heterocycles. The van der Waals surface area contributed by atoms with Gasteiger partial charge in [-0.1, -0.05) is 51.5 Å². The van der Waals surface area contributed by atoms with Crippen LogP contribution in [0.3, 0.4) is 0 Å². The Labute approximate surface area is 229 Å². The summed E-state index contributed by atoms with van der Waals surface area (Å²) in [4.78, 5) is 27.3. The zero-order valence-corrected chi connectivity index (χ0v) is 23.8. The van der Waals surface area contributed by atoms with Gasteiger partial charge in [-0.05, 0) is 48.1 Å². The first kappa shape index (κ1) is 32.3. The van der Waals surface area contributed by atoms with Crippen LogP contribution < -0.4 is 11.1 Å². The van der Waals surface area contributed by atoms with Crippen LogP contribution in [-0.2, 0) is 37.1 Å². The van der Waals surface area contributed by atoms with Gasteiger partial charge in [0, 0.05) is 26.1 Å². The number of aryl methyl sites for hydroxylation is 1. The third-order valence-corrected chi connectivity index (χ3v) is 8.57. The van der Waals surface area contributed by atoms with Crippen molar-refractivity contribution in [3.63, 3.8) is 0 Å². The second-order valence-electron chi connectivity index (χ2n) is 9.48. The number of carbonyl (C=O) groups is 2. The van der Waals surface area contributed by atoms with Gasteiger partial charge in [-0.3, -0.25) is 15.8 Å². The molecule has 0 aliphatic carbocycles. The number of nitrogens with zero attached hydrogens (tertiary/aromatic N) is 1. The molecule has 2 atom stereocenters. The van der Waals surface area contributed by atoms with E-state index in [1.807, 2.05) is 31.2 Å². The number of ether oxygens (including phenoxy) is 1. The first-order valence-electron chi connectivity index (χ1n) is 13.1. The third kappa shape index (κ3) is 8.30. The molecule has 8 nitrogen and oxygen atoms in total. The summed E-state index contributed by atoms with van der Waals surface area (Å²) >= 11 is 0. The number of esters is 1. The second-order valence-corrected chi connectivity index (χ2v) is 11.7. The van der Waals surface area contributed by atoms with E-state index in [0.717, 1.165) is 41.5 Å². The molecule has 2 rings (SSSR count). The van der Waals surface area contributed by atoms with Crippen LogP contribution in [0.25, 0.3) is 0 Å². The summed E-state index contributed by atoms with van der Waals surface area (Å²) in [6.07, 6.45) is 1.90. The summed E-state index contributed by atoms with van der Waals surface area (Å²) in [5, 5.41) is 0.974. The van der Waals surface area contributed by atoms with E-state index in [-0.39, 0.29) is 25.3 Å². The van der Waals surface area contributed by atoms with Crippen molar-refractivity contribution < 1.29 is 31.5 Å². The molecule has 1 amide bonds. The molecule has 0 saturated heterocycles. The Bertz CT molecular complexity index is 1220. The maximum Gasteiger partial charge on any atom is 0.350 e. The van der Waals surface area contributed by atoms with Crippen molar-refractivity contribution in [3.05, 3.63) is 70.8 Å². The Hall–Kier alpha value is -2.89. The van der Waals surface area contributed by atoms with E-state index >= 15 is 0 Å². The molecule has 2 aromatic rings. The molecule has 0 saturated carbocycles. The number of amides is 1. The molecule has 0 fully saturated rings. The molecule has 0 radical (unpaired) electrons. The fourth-order valence-corrected chi connectivity index (χ4v) is 6.75. The average molecular weight is 568 g/mol. The highest BCUT2D eigenvalue weighted by molar-refractivity contribution is 7.91. The van der Waals surface area contributed by atoms with Crippen molar-refractivity contribution in [1.29, 1.82) is 0 Å². The molecule has 1 unspecified atom stereocenters. The number of nitrogens with one attached hydrogen (secondary N) is 1. The number of unbranched alkanes of at least 4 members (excludes halogenated alkanes) is 1. The number of rotatable bonds is 15. The van der Waals surface area contributed by atoms with Crippen LogP contribution >= 0.6 is 0 Å². The molecule has 0 aromatic heterocycles. The Morgan fingerprint density at radius 1 is 1.05 bits per heavy atom. The molecule has 39 heavy (non-hydrogen) atoms. The Balaban J connectivity index is 2.52. The minimum Gasteiger partial charge on any atom is -0.447 e. The maximum absolute atomic E-state index is 14.3. The van der Waals surface area contributed by atoms with Crippen molar-refractivity contribution in [2.24, 2.45) is 5.73 Å². The SMILES string of the molecule is CCCCS(=O)(=O)C(c1cc(F)cc(F)c1)[C@](N)(C(=O)OCNCc1cccc(CC)c1)N(CCC)C(C)=O. The van der Waals surface area contributed by atoms with Crippen molar-refractivity contribution in [3.8, 4) is 0 Å². The second kappa shape index (κ2) is 14.5. The fraction of sp³-hybridized carbons (Fsp3) is 0.500. The van der Waals surface area contributed by atoms with Crippen LogP contribution in [0.2, 0.25) is 0 Å². The standard InChI is InChI=1S/C28H39F2N3O5S/c1-5-8-13-39(36,37)26(23-15-24(29)17-25(30)16-23)28(31,33(12-6-2)20(4)34)27(35)38-19-32-18-22-11-9-10-21(7-3)14-22/h9-11,14-17,26,32H,5-8,12-13,18-19,31H2,1-4H3/t26?,28-/m1/s1. The zero-order valence-electron chi connectivity index (χ0n) is 23.0. The molecule has 0 spiro atoms. The van der Waals surface area contributed by atoms with E-state index in [9.17, 15) is 26.8 Å². The normalized spacial score (nSPS) is 13.9. The maximum atomic E-state index is 14.3. The molecule has 3 N–H and O–H groups in total. The van der Waals surface area contributed by atoms with Crippen molar-refractivity contribution in [1.82, 2.24) is 10.2 Å². The summed E-state index contributed by atoms with van der Waals surface area (Å²) in [6, 6.07) is 10.0. The predicted molar refractivity (Wildman–Crippen MR) is 146 cm³/mol. The highest BCUT2D eigenvalue weighted by Gasteiger charge is 2.56. The van der Waals surface area contributed by atoms with Crippen LogP contribution in [0.5, 0.6) is 0 Å². The topological polar surface area (TPSA) is 119 Å². The number of hydrogen-bond donors (Lipinski definition) is 2. The van der Waals surface area contributed by atoms with Gasteiger partial charge in [0.15, 0.2) is 9.84 Å². The van der Waals surface area contributed by atoms with E-state index < -0.39 is 50.0 Å². The molecule has 2 aromatic carbocycles. The number of benzene rings is 2. The third-order valence-electron chi connectivity index (χ3n) is 6.36.